The Balaban J connectivity index is 1.93. The van der Waals surface area contributed by atoms with Gasteiger partial charge in [0.2, 0.25) is 0 Å². The van der Waals surface area contributed by atoms with Crippen LogP contribution in [0.3, 0.4) is 0 Å². The Kier molecular flexibility index (Phi) is 7.00. The van der Waals surface area contributed by atoms with Crippen molar-refractivity contribution in [3.8, 4) is 0 Å². The van der Waals surface area contributed by atoms with E-state index in [2.05, 4.69) is 21.8 Å². The van der Waals surface area contributed by atoms with Crippen LogP contribution in [0.25, 0.3) is 0 Å². The lowest BCUT2D eigenvalue weighted by Crippen LogP contribution is -2.03. The minimum atomic E-state index is 0.876. The smallest absolute Gasteiger partial charge is 0.148 e. The van der Waals surface area contributed by atoms with Gasteiger partial charge >= 0.3 is 0 Å². The van der Waals surface area contributed by atoms with Crippen molar-refractivity contribution in [1.29, 1.82) is 0 Å². The van der Waals surface area contributed by atoms with Gasteiger partial charge in [-0.3, -0.25) is 0 Å². The number of nitrogens with one attached hydrogen (secondary N) is 1. The summed E-state index contributed by atoms with van der Waals surface area (Å²) in [6.07, 6.45) is 9.04. The molecule has 4 heteroatoms. The maximum absolute atomic E-state index is 3.96. The SMILES string of the molecule is CSCCCCCCNc1cccnn1. The first-order valence-corrected chi connectivity index (χ1v) is 6.83. The monoisotopic (exact) mass is 225 g/mol. The molecule has 0 atom stereocenters. The van der Waals surface area contributed by atoms with Crippen molar-refractivity contribution in [2.24, 2.45) is 0 Å². The minimum Gasteiger partial charge on any atom is -0.369 e. The summed E-state index contributed by atoms with van der Waals surface area (Å²) in [7, 11) is 0. The van der Waals surface area contributed by atoms with Gasteiger partial charge in [0.15, 0.2) is 0 Å². The number of unbranched alkanes of at least 4 members (excludes halogenated alkanes) is 3. The Morgan fingerprint density at radius 3 is 2.87 bits per heavy atom. The standard InChI is InChI=1S/C11H19N3S/c1-15-10-5-3-2-4-8-12-11-7-6-9-13-14-11/h6-7,9H,2-5,8,10H2,1H3,(H,12,14). The first kappa shape index (κ1) is 12.3. The van der Waals surface area contributed by atoms with Crippen molar-refractivity contribution in [2.75, 3.05) is 23.9 Å². The first-order chi connectivity index (χ1) is 7.43. The fourth-order valence-corrected chi connectivity index (χ4v) is 1.83. The molecular weight excluding hydrogens is 206 g/mol. The molecule has 0 spiro atoms. The van der Waals surface area contributed by atoms with Crippen molar-refractivity contribution in [3.05, 3.63) is 18.3 Å². The van der Waals surface area contributed by atoms with Gasteiger partial charge < -0.3 is 5.32 Å². The summed E-state index contributed by atoms with van der Waals surface area (Å²) in [4.78, 5) is 0. The molecule has 1 N–H and O–H groups in total. The van der Waals surface area contributed by atoms with Crippen LogP contribution in [0.15, 0.2) is 18.3 Å². The lowest BCUT2D eigenvalue weighted by molar-refractivity contribution is 0.688. The van der Waals surface area contributed by atoms with E-state index in [1.165, 1.54) is 31.4 Å². The second-order valence-corrected chi connectivity index (χ2v) is 4.43. The number of hydrogen-bond acceptors (Lipinski definition) is 4. The Labute approximate surface area is 96.1 Å². The average molecular weight is 225 g/mol. The van der Waals surface area contributed by atoms with Crippen LogP contribution in [0.4, 0.5) is 5.82 Å². The molecule has 0 aliphatic rings. The molecule has 0 aromatic carbocycles. The van der Waals surface area contributed by atoms with E-state index in [0.29, 0.717) is 0 Å². The van der Waals surface area contributed by atoms with E-state index in [4.69, 9.17) is 0 Å². The lowest BCUT2D eigenvalue weighted by atomic mass is 10.2. The van der Waals surface area contributed by atoms with Gasteiger partial charge in [0.25, 0.3) is 0 Å². The van der Waals surface area contributed by atoms with Crippen LogP contribution in [-0.2, 0) is 0 Å². The first-order valence-electron chi connectivity index (χ1n) is 5.44. The molecule has 0 saturated heterocycles. The van der Waals surface area contributed by atoms with E-state index in [-0.39, 0.29) is 0 Å². The van der Waals surface area contributed by atoms with E-state index in [9.17, 15) is 0 Å². The predicted molar refractivity (Wildman–Crippen MR) is 67.4 cm³/mol. The second-order valence-electron chi connectivity index (χ2n) is 3.44. The maximum Gasteiger partial charge on any atom is 0.148 e. The number of anilines is 1. The molecule has 0 radical (unpaired) electrons. The topological polar surface area (TPSA) is 37.8 Å². The van der Waals surface area contributed by atoms with E-state index >= 15 is 0 Å². The van der Waals surface area contributed by atoms with E-state index in [1.54, 1.807) is 6.20 Å². The molecule has 0 aliphatic carbocycles. The quantitative estimate of drug-likeness (QED) is 0.690. The van der Waals surface area contributed by atoms with Crippen LogP contribution in [0.1, 0.15) is 25.7 Å². The third-order valence-corrected chi connectivity index (χ3v) is 2.85. The molecule has 84 valence electrons. The van der Waals surface area contributed by atoms with Crippen molar-refractivity contribution in [1.82, 2.24) is 10.2 Å². The van der Waals surface area contributed by atoms with Crippen molar-refractivity contribution in [2.45, 2.75) is 25.7 Å². The molecule has 0 bridgehead atoms. The van der Waals surface area contributed by atoms with Gasteiger partial charge in [-0.1, -0.05) is 12.8 Å². The molecule has 1 heterocycles. The minimum absolute atomic E-state index is 0.876. The molecule has 1 aromatic heterocycles. The number of hydrogen-bond donors (Lipinski definition) is 1. The van der Waals surface area contributed by atoms with Crippen LogP contribution in [0, 0.1) is 0 Å². The van der Waals surface area contributed by atoms with Gasteiger partial charge in [-0.05, 0) is 37.0 Å². The van der Waals surface area contributed by atoms with Crippen LogP contribution < -0.4 is 5.32 Å². The van der Waals surface area contributed by atoms with Crippen molar-refractivity contribution >= 4 is 17.6 Å². The van der Waals surface area contributed by atoms with Crippen LogP contribution in [0.2, 0.25) is 0 Å². The fourth-order valence-electron chi connectivity index (χ4n) is 1.34. The Morgan fingerprint density at radius 1 is 1.27 bits per heavy atom. The number of nitrogens with zero attached hydrogens (tertiary/aromatic N) is 2. The molecular formula is C11H19N3S. The predicted octanol–water partition coefficient (Wildman–Crippen LogP) is 2.81. The summed E-state index contributed by atoms with van der Waals surface area (Å²) in [5, 5.41) is 11.0. The molecule has 0 unspecified atom stereocenters. The molecule has 0 aliphatic heterocycles. The van der Waals surface area contributed by atoms with Crippen molar-refractivity contribution in [3.63, 3.8) is 0 Å². The molecule has 15 heavy (non-hydrogen) atoms. The van der Waals surface area contributed by atoms with Gasteiger partial charge in [0, 0.05) is 12.7 Å². The number of aromatic nitrogens is 2. The second kappa shape index (κ2) is 8.53. The van der Waals surface area contributed by atoms with Gasteiger partial charge in [0.1, 0.15) is 5.82 Å². The van der Waals surface area contributed by atoms with Gasteiger partial charge in [-0.25, -0.2) is 0 Å². The largest absolute Gasteiger partial charge is 0.369 e. The normalized spacial score (nSPS) is 10.2. The highest BCUT2D eigenvalue weighted by molar-refractivity contribution is 7.98. The zero-order chi connectivity index (χ0) is 10.8. The summed E-state index contributed by atoms with van der Waals surface area (Å²) in [6, 6.07) is 3.84. The Hall–Kier alpha value is -0.770. The number of thioether (sulfide) groups is 1. The highest BCUT2D eigenvalue weighted by Crippen LogP contribution is 2.05. The molecule has 0 amide bonds. The molecule has 3 nitrogen and oxygen atoms in total. The molecule has 0 fully saturated rings. The van der Waals surface area contributed by atoms with Gasteiger partial charge in [0.05, 0.1) is 0 Å². The van der Waals surface area contributed by atoms with E-state index in [0.717, 1.165) is 12.4 Å². The van der Waals surface area contributed by atoms with Gasteiger partial charge in [-0.15, -0.1) is 5.10 Å². The van der Waals surface area contributed by atoms with E-state index < -0.39 is 0 Å². The summed E-state index contributed by atoms with van der Waals surface area (Å²) in [5.41, 5.74) is 0. The van der Waals surface area contributed by atoms with E-state index in [1.807, 2.05) is 23.9 Å². The average Bonchev–Trinajstić information content (AvgIpc) is 2.29. The van der Waals surface area contributed by atoms with Crippen molar-refractivity contribution < 1.29 is 0 Å². The highest BCUT2D eigenvalue weighted by Gasteiger charge is 1.92. The molecule has 1 rings (SSSR count). The number of rotatable bonds is 8. The third kappa shape index (κ3) is 6.33. The Bertz CT molecular complexity index is 241. The third-order valence-electron chi connectivity index (χ3n) is 2.15. The summed E-state index contributed by atoms with van der Waals surface area (Å²) in [6.45, 7) is 0.998. The zero-order valence-corrected chi connectivity index (χ0v) is 10.1. The van der Waals surface area contributed by atoms with Crippen LogP contribution >= 0.6 is 11.8 Å². The lowest BCUT2D eigenvalue weighted by Gasteiger charge is -2.03. The van der Waals surface area contributed by atoms with Crippen LogP contribution in [0.5, 0.6) is 0 Å². The Morgan fingerprint density at radius 2 is 2.13 bits per heavy atom. The summed E-state index contributed by atoms with van der Waals surface area (Å²) in [5.74, 6) is 2.17. The highest BCUT2D eigenvalue weighted by atomic mass is 32.2. The summed E-state index contributed by atoms with van der Waals surface area (Å²) < 4.78 is 0. The molecule has 1 aromatic rings. The van der Waals surface area contributed by atoms with Gasteiger partial charge in [-0.2, -0.15) is 16.9 Å². The molecule has 0 saturated carbocycles. The van der Waals surface area contributed by atoms with Crippen LogP contribution in [-0.4, -0.2) is 28.8 Å². The maximum atomic E-state index is 3.96. The zero-order valence-electron chi connectivity index (χ0n) is 9.28. The fraction of sp³-hybridized carbons (Fsp3) is 0.636. The summed E-state index contributed by atoms with van der Waals surface area (Å²) >= 11 is 1.93.